The smallest absolute Gasteiger partial charge is 0.338 e. The molecule has 0 saturated heterocycles. The van der Waals surface area contributed by atoms with Gasteiger partial charge in [-0.1, -0.05) is 23.7 Å². The molecule has 0 spiro atoms. The second-order valence-corrected chi connectivity index (χ2v) is 4.67. The first-order chi connectivity index (χ1) is 10.5. The van der Waals surface area contributed by atoms with Gasteiger partial charge in [-0.2, -0.15) is 0 Å². The third kappa shape index (κ3) is 3.56. The molecule has 5 nitrogen and oxygen atoms in total. The van der Waals surface area contributed by atoms with Gasteiger partial charge in [-0.05, 0) is 30.3 Å². The van der Waals surface area contributed by atoms with Gasteiger partial charge in [0.2, 0.25) is 0 Å². The van der Waals surface area contributed by atoms with Crippen molar-refractivity contribution in [3.63, 3.8) is 0 Å². The maximum atomic E-state index is 11.7. The van der Waals surface area contributed by atoms with Crippen LogP contribution in [0.1, 0.15) is 20.7 Å². The number of hydrogen-bond acceptors (Lipinski definition) is 5. The molecule has 6 heteroatoms. The van der Waals surface area contributed by atoms with Gasteiger partial charge in [0.15, 0.2) is 0 Å². The molecule has 2 aromatic rings. The van der Waals surface area contributed by atoms with Gasteiger partial charge in [-0.3, -0.25) is 0 Å². The van der Waals surface area contributed by atoms with Gasteiger partial charge in [0.1, 0.15) is 11.5 Å². The van der Waals surface area contributed by atoms with E-state index in [0.717, 1.165) is 0 Å². The minimum absolute atomic E-state index is 0.174. The monoisotopic (exact) mass is 320 g/mol. The molecule has 0 N–H and O–H groups in total. The molecule has 22 heavy (non-hydrogen) atoms. The SMILES string of the molecule is COC(=O)c1cc(Oc2ccccc2Cl)cc(C(=O)OC)c1. The van der Waals surface area contributed by atoms with Crippen LogP contribution in [0.25, 0.3) is 0 Å². The van der Waals surface area contributed by atoms with E-state index < -0.39 is 11.9 Å². The molecule has 114 valence electrons. The Labute approximate surface area is 132 Å². The van der Waals surface area contributed by atoms with Crippen molar-refractivity contribution in [2.75, 3.05) is 14.2 Å². The van der Waals surface area contributed by atoms with Crippen LogP contribution in [0.4, 0.5) is 0 Å². The fourth-order valence-corrected chi connectivity index (χ4v) is 1.96. The van der Waals surface area contributed by atoms with Crippen LogP contribution in [0.15, 0.2) is 42.5 Å². The number of carbonyl (C=O) groups excluding carboxylic acids is 2. The van der Waals surface area contributed by atoms with E-state index in [1.807, 2.05) is 0 Å². The highest BCUT2D eigenvalue weighted by molar-refractivity contribution is 6.32. The first kappa shape index (κ1) is 15.9. The molecule has 0 saturated carbocycles. The summed E-state index contributed by atoms with van der Waals surface area (Å²) in [5, 5.41) is 0.408. The molecule has 0 radical (unpaired) electrons. The number of benzene rings is 2. The van der Waals surface area contributed by atoms with Crippen molar-refractivity contribution in [3.05, 3.63) is 58.6 Å². The summed E-state index contributed by atoms with van der Waals surface area (Å²) in [7, 11) is 2.50. The summed E-state index contributed by atoms with van der Waals surface area (Å²) in [5.74, 6) is -0.497. The Morgan fingerprint density at radius 1 is 0.909 bits per heavy atom. The van der Waals surface area contributed by atoms with Gasteiger partial charge in [-0.25, -0.2) is 9.59 Å². The maximum Gasteiger partial charge on any atom is 0.338 e. The average molecular weight is 321 g/mol. The Morgan fingerprint density at radius 3 is 1.95 bits per heavy atom. The molecule has 0 heterocycles. The molecule has 2 aromatic carbocycles. The zero-order valence-electron chi connectivity index (χ0n) is 12.0. The molecular weight excluding hydrogens is 308 g/mol. The van der Waals surface area contributed by atoms with Gasteiger partial charge in [0.25, 0.3) is 0 Å². The molecule has 0 aliphatic heterocycles. The van der Waals surface area contributed by atoms with E-state index in [0.29, 0.717) is 10.8 Å². The van der Waals surface area contributed by atoms with E-state index in [1.165, 1.54) is 32.4 Å². The quantitative estimate of drug-likeness (QED) is 0.804. The molecule has 0 unspecified atom stereocenters. The van der Waals surface area contributed by atoms with Crippen molar-refractivity contribution in [2.24, 2.45) is 0 Å². The van der Waals surface area contributed by atoms with Crippen molar-refractivity contribution in [1.29, 1.82) is 0 Å². The van der Waals surface area contributed by atoms with Crippen LogP contribution in [0.3, 0.4) is 0 Å². The molecule has 0 aliphatic carbocycles. The van der Waals surface area contributed by atoms with E-state index in [9.17, 15) is 9.59 Å². The van der Waals surface area contributed by atoms with Crippen molar-refractivity contribution in [1.82, 2.24) is 0 Å². The standard InChI is InChI=1S/C16H13ClO5/c1-20-15(18)10-7-11(16(19)21-2)9-12(8-10)22-14-6-4-3-5-13(14)17/h3-9H,1-2H3. The summed E-state index contributed by atoms with van der Waals surface area (Å²) < 4.78 is 15.0. The predicted octanol–water partition coefficient (Wildman–Crippen LogP) is 3.71. The van der Waals surface area contributed by atoms with E-state index >= 15 is 0 Å². The number of carbonyl (C=O) groups is 2. The number of halogens is 1. The zero-order valence-corrected chi connectivity index (χ0v) is 12.7. The van der Waals surface area contributed by atoms with Crippen LogP contribution in [0, 0.1) is 0 Å². The Morgan fingerprint density at radius 2 is 1.45 bits per heavy atom. The summed E-state index contributed by atoms with van der Waals surface area (Å²) in [6.45, 7) is 0. The predicted molar refractivity (Wildman–Crippen MR) is 80.6 cm³/mol. The second kappa shape index (κ2) is 6.95. The van der Waals surface area contributed by atoms with Crippen molar-refractivity contribution < 1.29 is 23.8 Å². The maximum absolute atomic E-state index is 11.7. The lowest BCUT2D eigenvalue weighted by Gasteiger charge is -2.10. The molecule has 2 rings (SSSR count). The lowest BCUT2D eigenvalue weighted by atomic mass is 10.1. The van der Waals surface area contributed by atoms with E-state index in [4.69, 9.17) is 16.3 Å². The Kier molecular flexibility index (Phi) is 5.01. The van der Waals surface area contributed by atoms with E-state index in [2.05, 4.69) is 9.47 Å². The van der Waals surface area contributed by atoms with Gasteiger partial charge in [0, 0.05) is 0 Å². The Hall–Kier alpha value is -2.53. The molecule has 0 aliphatic rings. The summed E-state index contributed by atoms with van der Waals surface area (Å²) in [6, 6.07) is 11.2. The molecule has 0 amide bonds. The highest BCUT2D eigenvalue weighted by Crippen LogP contribution is 2.30. The van der Waals surface area contributed by atoms with Crippen LogP contribution in [-0.4, -0.2) is 26.2 Å². The number of hydrogen-bond donors (Lipinski definition) is 0. The van der Waals surface area contributed by atoms with E-state index in [1.54, 1.807) is 24.3 Å². The van der Waals surface area contributed by atoms with Crippen molar-refractivity contribution in [3.8, 4) is 11.5 Å². The second-order valence-electron chi connectivity index (χ2n) is 4.26. The molecule has 0 bridgehead atoms. The van der Waals surface area contributed by atoms with Gasteiger partial charge in [0.05, 0.1) is 30.4 Å². The van der Waals surface area contributed by atoms with Crippen LogP contribution in [0.2, 0.25) is 5.02 Å². The third-order valence-corrected chi connectivity index (χ3v) is 3.13. The minimum atomic E-state index is -0.588. The largest absolute Gasteiger partial charge is 0.465 e. The zero-order chi connectivity index (χ0) is 16.1. The lowest BCUT2D eigenvalue weighted by Crippen LogP contribution is -2.07. The molecule has 0 fully saturated rings. The van der Waals surface area contributed by atoms with Crippen molar-refractivity contribution >= 4 is 23.5 Å². The summed E-state index contributed by atoms with van der Waals surface area (Å²) in [5.41, 5.74) is 0.347. The number of esters is 2. The lowest BCUT2D eigenvalue weighted by molar-refractivity contribution is 0.0598. The average Bonchev–Trinajstić information content (AvgIpc) is 2.55. The van der Waals surface area contributed by atoms with E-state index in [-0.39, 0.29) is 16.9 Å². The molecule has 0 atom stereocenters. The fraction of sp³-hybridized carbons (Fsp3) is 0.125. The number of para-hydroxylation sites is 1. The normalized spacial score (nSPS) is 9.95. The van der Waals surface area contributed by atoms with Crippen LogP contribution in [-0.2, 0) is 9.47 Å². The van der Waals surface area contributed by atoms with Crippen LogP contribution < -0.4 is 4.74 Å². The molecular formula is C16H13ClO5. The van der Waals surface area contributed by atoms with Crippen molar-refractivity contribution in [2.45, 2.75) is 0 Å². The van der Waals surface area contributed by atoms with Crippen LogP contribution in [0.5, 0.6) is 11.5 Å². The number of ether oxygens (including phenoxy) is 3. The summed E-state index contributed by atoms with van der Waals surface area (Å²) in [4.78, 5) is 23.4. The Bertz CT molecular complexity index is 677. The third-order valence-electron chi connectivity index (χ3n) is 2.81. The van der Waals surface area contributed by atoms with Gasteiger partial charge in [-0.15, -0.1) is 0 Å². The topological polar surface area (TPSA) is 61.8 Å². The van der Waals surface area contributed by atoms with Gasteiger partial charge >= 0.3 is 11.9 Å². The van der Waals surface area contributed by atoms with Gasteiger partial charge < -0.3 is 14.2 Å². The highest BCUT2D eigenvalue weighted by Gasteiger charge is 2.15. The highest BCUT2D eigenvalue weighted by atomic mass is 35.5. The number of rotatable bonds is 4. The first-order valence-corrected chi connectivity index (χ1v) is 6.67. The van der Waals surface area contributed by atoms with Crippen LogP contribution >= 0.6 is 11.6 Å². The first-order valence-electron chi connectivity index (χ1n) is 6.29. The number of methoxy groups -OCH3 is 2. The summed E-state index contributed by atoms with van der Waals surface area (Å²) in [6.07, 6.45) is 0. The fourth-order valence-electron chi connectivity index (χ4n) is 1.78. The Balaban J connectivity index is 2.44. The molecule has 0 aromatic heterocycles. The minimum Gasteiger partial charge on any atom is -0.465 e. The summed E-state index contributed by atoms with van der Waals surface area (Å²) >= 11 is 6.03.